The van der Waals surface area contributed by atoms with E-state index in [-0.39, 0.29) is 47.6 Å². The van der Waals surface area contributed by atoms with Crippen LogP contribution in [0.2, 0.25) is 0 Å². The quantitative estimate of drug-likeness (QED) is 0.328. The first-order valence-electron chi connectivity index (χ1n) is 10.2. The van der Waals surface area contributed by atoms with Crippen LogP contribution in [0.1, 0.15) is 41.1 Å². The maximum atomic E-state index is 13.3. The van der Waals surface area contributed by atoms with Gasteiger partial charge in [-0.1, -0.05) is 5.16 Å². The third-order valence-corrected chi connectivity index (χ3v) is 5.46. The van der Waals surface area contributed by atoms with Crippen LogP contribution in [0, 0.1) is 11.2 Å². The van der Waals surface area contributed by atoms with E-state index in [2.05, 4.69) is 20.8 Å². The van der Waals surface area contributed by atoms with Gasteiger partial charge < -0.3 is 20.9 Å². The van der Waals surface area contributed by atoms with E-state index in [0.717, 1.165) is 12.1 Å². The van der Waals surface area contributed by atoms with Crippen molar-refractivity contribution in [3.05, 3.63) is 65.4 Å². The van der Waals surface area contributed by atoms with Crippen molar-refractivity contribution >= 4 is 28.9 Å². The largest absolute Gasteiger partial charge is 0.418 e. The van der Waals surface area contributed by atoms with Crippen LogP contribution >= 0.6 is 0 Å². The molecule has 2 aromatic heterocycles. The Labute approximate surface area is 190 Å². The molecule has 0 aliphatic heterocycles. The van der Waals surface area contributed by atoms with Crippen molar-refractivity contribution in [3.8, 4) is 0 Å². The summed E-state index contributed by atoms with van der Waals surface area (Å²) in [5, 5.41) is 8.77. The number of carbonyl (C=O) groups excluding carboxylic acids is 2. The molecule has 1 aliphatic rings. The average molecular weight is 477 g/mol. The molecule has 34 heavy (non-hydrogen) atoms. The molecule has 4 N–H and O–H groups in total. The number of Topliss-reactive ketones (excluding diaryl/α,β-unsaturated/α-hetero) is 1. The topological polar surface area (TPSA) is 123 Å². The first-order valence-corrected chi connectivity index (χ1v) is 10.2. The van der Waals surface area contributed by atoms with Gasteiger partial charge in [0.05, 0.1) is 40.8 Å². The van der Waals surface area contributed by atoms with Gasteiger partial charge in [0.15, 0.2) is 5.82 Å². The fourth-order valence-electron chi connectivity index (χ4n) is 3.43. The summed E-state index contributed by atoms with van der Waals surface area (Å²) >= 11 is 0. The molecule has 0 bridgehead atoms. The predicted molar refractivity (Wildman–Crippen MR) is 112 cm³/mol. The lowest BCUT2D eigenvalue weighted by atomic mass is 9.97. The summed E-state index contributed by atoms with van der Waals surface area (Å²) in [7, 11) is 0. The minimum atomic E-state index is -4.73. The monoisotopic (exact) mass is 477 g/mol. The van der Waals surface area contributed by atoms with Crippen molar-refractivity contribution in [3.63, 3.8) is 0 Å². The molecule has 8 nitrogen and oxygen atoms in total. The van der Waals surface area contributed by atoms with Crippen LogP contribution in [0.25, 0.3) is 0 Å². The molecule has 2 heterocycles. The van der Waals surface area contributed by atoms with Crippen LogP contribution < -0.4 is 16.4 Å². The molecule has 3 aromatic rings. The number of anilines is 3. The number of nitrogens with two attached hydrogens (primary N) is 1. The summed E-state index contributed by atoms with van der Waals surface area (Å²) in [6.07, 6.45) is -2.38. The number of nitrogens with one attached hydrogen (secondary N) is 2. The van der Waals surface area contributed by atoms with E-state index in [1.165, 1.54) is 24.4 Å². The van der Waals surface area contributed by atoms with Crippen molar-refractivity contribution < 1.29 is 31.7 Å². The number of nitrogens with zero attached hydrogens (tertiary/aromatic N) is 2. The molecule has 0 saturated heterocycles. The summed E-state index contributed by atoms with van der Waals surface area (Å²) < 4.78 is 57.6. The number of benzene rings is 1. The number of pyridine rings is 1. The van der Waals surface area contributed by atoms with Gasteiger partial charge in [-0.25, -0.2) is 4.39 Å². The van der Waals surface area contributed by atoms with Crippen LogP contribution in [-0.2, 0) is 17.5 Å². The highest BCUT2D eigenvalue weighted by Crippen LogP contribution is 2.49. The molecule has 0 unspecified atom stereocenters. The number of amides is 1. The number of rotatable bonds is 8. The highest BCUT2D eigenvalue weighted by molar-refractivity contribution is 5.99. The summed E-state index contributed by atoms with van der Waals surface area (Å²) in [5.74, 6) is -1.60. The Morgan fingerprint density at radius 1 is 1.15 bits per heavy atom. The van der Waals surface area contributed by atoms with Gasteiger partial charge in [-0.3, -0.25) is 14.6 Å². The number of ketones is 1. The molecule has 178 valence electrons. The molecule has 0 atom stereocenters. The maximum Gasteiger partial charge on any atom is 0.418 e. The van der Waals surface area contributed by atoms with Crippen molar-refractivity contribution in [2.45, 2.75) is 32.0 Å². The third-order valence-electron chi connectivity index (χ3n) is 5.46. The van der Waals surface area contributed by atoms with Crippen LogP contribution in [0.4, 0.5) is 34.8 Å². The van der Waals surface area contributed by atoms with Gasteiger partial charge in [-0.2, -0.15) is 13.2 Å². The molecule has 0 spiro atoms. The molecule has 4 rings (SSSR count). The zero-order valence-corrected chi connectivity index (χ0v) is 17.6. The highest BCUT2D eigenvalue weighted by atomic mass is 19.4. The van der Waals surface area contributed by atoms with E-state index in [1.807, 2.05) is 0 Å². The molecule has 12 heteroatoms. The lowest BCUT2D eigenvalue weighted by Crippen LogP contribution is -2.33. The molecular weight excluding hydrogens is 458 g/mol. The van der Waals surface area contributed by atoms with Gasteiger partial charge in [0.2, 0.25) is 17.5 Å². The Hall–Kier alpha value is -3.96. The molecule has 0 radical (unpaired) electrons. The Bertz CT molecular complexity index is 1220. The molecule has 1 amide bonds. The molecule has 1 aliphatic carbocycles. The first kappa shape index (κ1) is 23.2. The first-order chi connectivity index (χ1) is 16.1. The lowest BCUT2D eigenvalue weighted by molar-refractivity contribution is -0.137. The Kier molecular flexibility index (Phi) is 5.98. The van der Waals surface area contributed by atoms with Crippen LogP contribution in [-0.4, -0.2) is 21.8 Å². The normalized spacial score (nSPS) is 14.5. The Balaban J connectivity index is 1.35. The minimum Gasteiger partial charge on any atom is -0.381 e. The van der Waals surface area contributed by atoms with Gasteiger partial charge in [0.1, 0.15) is 5.82 Å². The number of nitrogen functional groups attached to an aromatic ring is 1. The van der Waals surface area contributed by atoms with E-state index in [0.29, 0.717) is 24.6 Å². The van der Waals surface area contributed by atoms with Crippen molar-refractivity contribution in [2.75, 3.05) is 11.1 Å². The average Bonchev–Trinajstić information content (AvgIpc) is 3.44. The van der Waals surface area contributed by atoms with Crippen LogP contribution in [0.15, 0.2) is 47.1 Å². The summed E-state index contributed by atoms with van der Waals surface area (Å²) in [6, 6.07) is 6.65. The minimum absolute atomic E-state index is 0.00355. The number of alkyl halides is 3. The van der Waals surface area contributed by atoms with E-state index in [9.17, 15) is 27.2 Å². The maximum absolute atomic E-state index is 13.3. The number of aromatic nitrogens is 2. The fraction of sp³-hybridized carbons (Fsp3) is 0.273. The predicted octanol–water partition coefficient (Wildman–Crippen LogP) is 4.22. The summed E-state index contributed by atoms with van der Waals surface area (Å²) in [4.78, 5) is 29.1. The number of halogens is 4. The molecule has 1 saturated carbocycles. The highest BCUT2D eigenvalue weighted by Gasteiger charge is 2.51. The van der Waals surface area contributed by atoms with Crippen molar-refractivity contribution in [1.29, 1.82) is 0 Å². The van der Waals surface area contributed by atoms with E-state index >= 15 is 0 Å². The standard InChI is InChI=1S/C22H19F4N5O3/c23-12-1-4-16(15(7-12)22(24,25)26)30-14-3-2-13(28-11-14)10-29-20(33)21(5-6-21)9-17(32)18-8-19(27)31-34-18/h1-4,7-8,11,30H,5-6,9-10H2,(H2,27,31)(H,29,33). The van der Waals surface area contributed by atoms with Gasteiger partial charge in [0.25, 0.3) is 0 Å². The van der Waals surface area contributed by atoms with Crippen molar-refractivity contribution in [1.82, 2.24) is 15.5 Å². The zero-order valence-electron chi connectivity index (χ0n) is 17.6. The van der Waals surface area contributed by atoms with Gasteiger partial charge in [-0.15, -0.1) is 0 Å². The zero-order chi connectivity index (χ0) is 24.5. The van der Waals surface area contributed by atoms with Crippen molar-refractivity contribution in [2.24, 2.45) is 5.41 Å². The summed E-state index contributed by atoms with van der Waals surface area (Å²) in [6.45, 7) is 0.0641. The summed E-state index contributed by atoms with van der Waals surface area (Å²) in [5.41, 5.74) is 3.88. The SMILES string of the molecule is Nc1cc(C(=O)CC2(C(=O)NCc3ccc(Nc4ccc(F)cc4C(F)(F)F)cn3)CC2)on1. The molecular formula is C22H19F4N5O3. The number of hydrogen-bond acceptors (Lipinski definition) is 7. The third kappa shape index (κ3) is 5.16. The Morgan fingerprint density at radius 2 is 1.91 bits per heavy atom. The molecule has 1 aromatic carbocycles. The second-order valence-corrected chi connectivity index (χ2v) is 8.03. The van der Waals surface area contributed by atoms with E-state index in [1.54, 1.807) is 0 Å². The fourth-order valence-corrected chi connectivity index (χ4v) is 3.43. The number of hydrogen-bond donors (Lipinski definition) is 3. The number of carbonyl (C=O) groups is 2. The van der Waals surface area contributed by atoms with Gasteiger partial charge >= 0.3 is 6.18 Å². The molecule has 1 fully saturated rings. The lowest BCUT2D eigenvalue weighted by Gasteiger charge is -2.15. The van der Waals surface area contributed by atoms with Crippen LogP contribution in [0.5, 0.6) is 0 Å². The van der Waals surface area contributed by atoms with E-state index < -0.39 is 23.0 Å². The van der Waals surface area contributed by atoms with Gasteiger partial charge in [0, 0.05) is 12.5 Å². The second kappa shape index (κ2) is 8.76. The van der Waals surface area contributed by atoms with E-state index in [4.69, 9.17) is 10.3 Å². The smallest absolute Gasteiger partial charge is 0.381 e. The van der Waals surface area contributed by atoms with Gasteiger partial charge in [-0.05, 0) is 43.2 Å². The Morgan fingerprint density at radius 3 is 2.50 bits per heavy atom. The second-order valence-electron chi connectivity index (χ2n) is 8.03. The van der Waals surface area contributed by atoms with Crippen LogP contribution in [0.3, 0.4) is 0 Å².